The van der Waals surface area contributed by atoms with E-state index < -0.39 is 56.4 Å². The minimum absolute atomic E-state index is 0.0566. The van der Waals surface area contributed by atoms with Gasteiger partial charge in [0.25, 0.3) is 11.8 Å². The monoisotopic (exact) mass is 819 g/mol. The van der Waals surface area contributed by atoms with E-state index in [0.717, 1.165) is 29.3 Å². The lowest BCUT2D eigenvalue weighted by molar-refractivity contribution is -0.274. The number of methoxy groups -OCH3 is 2. The van der Waals surface area contributed by atoms with Crippen molar-refractivity contribution in [3.05, 3.63) is 77.9 Å². The van der Waals surface area contributed by atoms with Gasteiger partial charge in [-0.1, -0.05) is 49.5 Å². The van der Waals surface area contributed by atoms with Crippen LogP contribution in [0.2, 0.25) is 18.6 Å². The number of amides is 3. The predicted molar refractivity (Wildman–Crippen MR) is 214 cm³/mol. The molecule has 3 amide bonds. The number of carbonyl (C=O) groups excluding carboxylic acids is 3. The summed E-state index contributed by atoms with van der Waals surface area (Å²) in [6, 6.07) is 19.9. The summed E-state index contributed by atoms with van der Waals surface area (Å²) in [5, 5.41) is 53.8. The fourth-order valence-electron chi connectivity index (χ4n) is 9.59. The number of rotatable bonds is 11. The summed E-state index contributed by atoms with van der Waals surface area (Å²) in [6.07, 6.45) is -7.86. The molecule has 0 radical (unpaired) electrons. The number of nitrogens with one attached hydrogen (secondary N) is 1. The zero-order valence-electron chi connectivity index (χ0n) is 33.3. The summed E-state index contributed by atoms with van der Waals surface area (Å²) in [5.41, 5.74) is 0.705. The largest absolute Gasteiger partial charge is 0.497 e. The van der Waals surface area contributed by atoms with E-state index in [1.807, 2.05) is 31.2 Å². The van der Waals surface area contributed by atoms with Gasteiger partial charge in [0, 0.05) is 23.7 Å². The molecule has 3 fully saturated rings. The standard InChI is InChI=1S/C42H53N3O12Si/c1-23-38(58(4,5)29-15-12-27(54-2)13-16-29)32(20-33(47)44-18-6-7-26(44)22-46)57-42(23)30-19-28(55-3)14-17-31(30)45(41(42)53)21-24-8-10-25(11-9-24)43-39(51)37-35(49)34(48)36(50)40(52)56-37/h8-17,19,23,26,32,34-38,40,46,48-50,52H,6-7,18,20-22H2,1-5H3,(H,43,51)/t23-,26-,32+,34-,35-,36+,37-,38-,40+,42+/m0/s1. The topological polar surface area (TPSA) is 208 Å². The van der Waals surface area contributed by atoms with E-state index in [4.69, 9.17) is 18.9 Å². The van der Waals surface area contributed by atoms with Crippen molar-refractivity contribution in [2.45, 2.75) is 99.8 Å². The van der Waals surface area contributed by atoms with Crippen LogP contribution in [0.5, 0.6) is 11.5 Å². The quantitative estimate of drug-likeness (QED) is 0.153. The number of carbonyl (C=O) groups is 3. The molecule has 3 aromatic rings. The van der Waals surface area contributed by atoms with Gasteiger partial charge in [0.1, 0.15) is 29.8 Å². The van der Waals surface area contributed by atoms with Crippen LogP contribution in [-0.4, -0.2) is 126 Å². The molecule has 0 bridgehead atoms. The molecular formula is C42H53N3O12Si. The van der Waals surface area contributed by atoms with Crippen molar-refractivity contribution in [3.63, 3.8) is 0 Å². The summed E-state index contributed by atoms with van der Waals surface area (Å²) >= 11 is 0. The third-order valence-corrected chi connectivity index (χ3v) is 17.1. The van der Waals surface area contributed by atoms with Gasteiger partial charge < -0.3 is 59.6 Å². The van der Waals surface area contributed by atoms with Crippen LogP contribution < -0.4 is 24.9 Å². The van der Waals surface area contributed by atoms with E-state index in [1.165, 1.54) is 0 Å². The van der Waals surface area contributed by atoms with Crippen molar-refractivity contribution in [1.82, 2.24) is 4.90 Å². The second-order valence-electron chi connectivity index (χ2n) is 16.3. The molecule has 0 aromatic heterocycles. The van der Waals surface area contributed by atoms with Gasteiger partial charge in [-0.2, -0.15) is 0 Å². The Kier molecular flexibility index (Phi) is 11.8. The lowest BCUT2D eigenvalue weighted by Crippen LogP contribution is -2.60. The van der Waals surface area contributed by atoms with Crippen molar-refractivity contribution in [1.29, 1.82) is 0 Å². The highest BCUT2D eigenvalue weighted by Crippen LogP contribution is 2.60. The highest BCUT2D eigenvalue weighted by Gasteiger charge is 2.66. The molecule has 4 heterocycles. The van der Waals surface area contributed by atoms with E-state index in [1.54, 1.807) is 54.4 Å². The normalized spacial score (nSPS) is 30.8. The van der Waals surface area contributed by atoms with Crippen LogP contribution in [0.15, 0.2) is 66.7 Å². The summed E-state index contributed by atoms with van der Waals surface area (Å²) in [4.78, 5) is 45.7. The molecule has 4 aliphatic heterocycles. The van der Waals surface area contributed by atoms with Crippen molar-refractivity contribution >= 4 is 42.4 Å². The number of hydrogen-bond donors (Lipinski definition) is 6. The fourth-order valence-corrected chi connectivity index (χ4v) is 13.6. The maximum absolute atomic E-state index is 15.3. The first-order valence-corrected chi connectivity index (χ1v) is 22.7. The maximum Gasteiger partial charge on any atom is 0.264 e. The Balaban J connectivity index is 1.20. The number of hydrogen-bond acceptors (Lipinski definition) is 12. The van der Waals surface area contributed by atoms with E-state index in [0.29, 0.717) is 29.2 Å². The van der Waals surface area contributed by atoms with Gasteiger partial charge in [0.15, 0.2) is 18.0 Å². The van der Waals surface area contributed by atoms with Gasteiger partial charge in [-0.05, 0) is 66.4 Å². The van der Waals surface area contributed by atoms with Gasteiger partial charge in [-0.3, -0.25) is 14.4 Å². The van der Waals surface area contributed by atoms with E-state index >= 15 is 4.79 Å². The van der Waals surface area contributed by atoms with Crippen LogP contribution >= 0.6 is 0 Å². The summed E-state index contributed by atoms with van der Waals surface area (Å²) in [5.74, 6) is -0.305. The van der Waals surface area contributed by atoms with E-state index in [2.05, 4.69) is 30.5 Å². The Morgan fingerprint density at radius 3 is 2.26 bits per heavy atom. The van der Waals surface area contributed by atoms with Gasteiger partial charge in [-0.15, -0.1) is 0 Å². The first-order chi connectivity index (χ1) is 27.7. The van der Waals surface area contributed by atoms with Crippen molar-refractivity contribution in [3.8, 4) is 11.5 Å². The molecule has 0 saturated carbocycles. The molecule has 0 unspecified atom stereocenters. The average Bonchev–Trinajstić information content (AvgIpc) is 3.89. The number of nitrogens with zero attached hydrogens (tertiary/aromatic N) is 2. The first kappa shape index (κ1) is 41.8. The van der Waals surface area contributed by atoms with Gasteiger partial charge in [-0.25, -0.2) is 0 Å². The summed E-state index contributed by atoms with van der Waals surface area (Å²) in [6.45, 7) is 7.14. The second kappa shape index (κ2) is 16.3. The minimum atomic E-state index is -2.55. The minimum Gasteiger partial charge on any atom is -0.497 e. The van der Waals surface area contributed by atoms with Crippen LogP contribution in [0.25, 0.3) is 0 Å². The first-order valence-electron chi connectivity index (χ1n) is 19.7. The van der Waals surface area contributed by atoms with Crippen molar-refractivity contribution in [2.75, 3.05) is 37.6 Å². The Morgan fingerprint density at radius 1 is 0.931 bits per heavy atom. The number of benzene rings is 3. The average molecular weight is 820 g/mol. The number of fused-ring (bicyclic) bond motifs is 2. The summed E-state index contributed by atoms with van der Waals surface area (Å²) < 4.78 is 23.4. The molecule has 312 valence electrons. The lowest BCUT2D eigenvalue weighted by atomic mass is 9.82. The van der Waals surface area contributed by atoms with Crippen LogP contribution in [0.3, 0.4) is 0 Å². The molecular weight excluding hydrogens is 767 g/mol. The smallest absolute Gasteiger partial charge is 0.264 e. The van der Waals surface area contributed by atoms with Gasteiger partial charge in [0.2, 0.25) is 5.91 Å². The highest BCUT2D eigenvalue weighted by molar-refractivity contribution is 6.91. The van der Waals surface area contributed by atoms with Crippen molar-refractivity contribution < 1.29 is 58.9 Å². The molecule has 6 N–H and O–H groups in total. The van der Waals surface area contributed by atoms with Crippen molar-refractivity contribution in [2.24, 2.45) is 5.92 Å². The zero-order chi connectivity index (χ0) is 41.7. The third kappa shape index (κ3) is 7.19. The molecule has 0 aliphatic carbocycles. The SMILES string of the molecule is COc1ccc([Si](C)(C)[C@@H]2[C@@H](CC(=O)N3CCC[C@H]3CO)O[C@]3(C(=O)N(Cc4ccc(NC(=O)[C@H]5O[C@@H](O)[C@H](O)[C@@H](O)[C@@H]5O)cc4)c4ccc(OC)cc43)[C@H]2C)cc1. The molecule has 10 atom stereocenters. The Labute approximate surface area is 338 Å². The predicted octanol–water partition coefficient (Wildman–Crippen LogP) is 1.58. The number of ether oxygens (including phenoxy) is 4. The lowest BCUT2D eigenvalue weighted by Gasteiger charge is -2.37. The van der Waals surface area contributed by atoms with Crippen LogP contribution in [0.4, 0.5) is 11.4 Å². The number of likely N-dealkylation sites (tertiary alicyclic amines) is 1. The van der Waals surface area contributed by atoms with E-state index in [-0.39, 0.29) is 48.9 Å². The van der Waals surface area contributed by atoms with Crippen LogP contribution in [-0.2, 0) is 36.0 Å². The summed E-state index contributed by atoms with van der Waals surface area (Å²) in [7, 11) is 0.632. The number of aliphatic hydroxyl groups excluding tert-OH is 5. The van der Waals surface area contributed by atoms with E-state index in [9.17, 15) is 35.1 Å². The third-order valence-electron chi connectivity index (χ3n) is 12.7. The maximum atomic E-state index is 15.3. The molecule has 3 saturated heterocycles. The Morgan fingerprint density at radius 2 is 1.60 bits per heavy atom. The van der Waals surface area contributed by atoms with Gasteiger partial charge in [0.05, 0.1) is 59.7 Å². The molecule has 1 spiro atoms. The van der Waals surface area contributed by atoms with Crippen LogP contribution in [0.1, 0.15) is 37.3 Å². The molecule has 16 heteroatoms. The molecule has 58 heavy (non-hydrogen) atoms. The molecule has 3 aromatic carbocycles. The molecule has 7 rings (SSSR count). The Hall–Kier alpha value is -4.39. The van der Waals surface area contributed by atoms with Gasteiger partial charge >= 0.3 is 0 Å². The fraction of sp³-hybridized carbons (Fsp3) is 0.500. The number of aliphatic hydroxyl groups is 5. The molecule has 15 nitrogen and oxygen atoms in total. The number of anilines is 2. The van der Waals surface area contributed by atoms with Crippen LogP contribution in [0, 0.1) is 5.92 Å². The highest BCUT2D eigenvalue weighted by atomic mass is 28.3. The zero-order valence-corrected chi connectivity index (χ0v) is 34.3. The molecule has 4 aliphatic rings. The Bertz CT molecular complexity index is 2000. The second-order valence-corrected chi connectivity index (χ2v) is 21.0.